The van der Waals surface area contributed by atoms with Gasteiger partial charge in [-0.1, -0.05) is 29.3 Å². The molecule has 0 spiro atoms. The van der Waals surface area contributed by atoms with E-state index < -0.39 is 0 Å². The molecular formula is C15H15Cl2N3O. The topological polar surface area (TPSA) is 58.4 Å². The second-order valence-corrected chi connectivity index (χ2v) is 5.51. The molecule has 0 aliphatic carbocycles. The third kappa shape index (κ3) is 3.40. The molecule has 0 saturated carbocycles. The zero-order valence-electron chi connectivity index (χ0n) is 11.7. The quantitative estimate of drug-likeness (QED) is 0.838. The van der Waals surface area contributed by atoms with E-state index in [1.54, 1.807) is 50.5 Å². The molecule has 0 saturated heterocycles. The maximum absolute atomic E-state index is 11.9. The smallest absolute Gasteiger partial charge is 0.253 e. The minimum Gasteiger partial charge on any atom is -0.397 e. The minimum atomic E-state index is -0.103. The van der Waals surface area contributed by atoms with Crippen LogP contribution in [0, 0.1) is 0 Å². The van der Waals surface area contributed by atoms with Gasteiger partial charge in [-0.3, -0.25) is 4.79 Å². The van der Waals surface area contributed by atoms with E-state index in [1.807, 2.05) is 0 Å². The third-order valence-corrected chi connectivity index (χ3v) is 3.74. The largest absolute Gasteiger partial charge is 0.397 e. The highest BCUT2D eigenvalue weighted by Gasteiger charge is 2.11. The summed E-state index contributed by atoms with van der Waals surface area (Å²) in [5.41, 5.74) is 8.29. The zero-order valence-corrected chi connectivity index (χ0v) is 13.2. The Balaban J connectivity index is 2.30. The van der Waals surface area contributed by atoms with Gasteiger partial charge in [0, 0.05) is 19.7 Å². The van der Waals surface area contributed by atoms with Crippen molar-refractivity contribution in [1.29, 1.82) is 0 Å². The second kappa shape index (κ2) is 6.24. The molecule has 21 heavy (non-hydrogen) atoms. The van der Waals surface area contributed by atoms with Gasteiger partial charge in [-0.05, 0) is 30.3 Å². The van der Waals surface area contributed by atoms with Gasteiger partial charge in [-0.2, -0.15) is 0 Å². The van der Waals surface area contributed by atoms with Crippen LogP contribution in [0.5, 0.6) is 0 Å². The molecule has 0 bridgehead atoms. The van der Waals surface area contributed by atoms with E-state index in [0.717, 1.165) is 0 Å². The van der Waals surface area contributed by atoms with Crippen molar-refractivity contribution in [3.8, 4) is 0 Å². The van der Waals surface area contributed by atoms with Gasteiger partial charge >= 0.3 is 0 Å². The van der Waals surface area contributed by atoms with E-state index >= 15 is 0 Å². The molecule has 0 unspecified atom stereocenters. The van der Waals surface area contributed by atoms with Crippen molar-refractivity contribution in [2.45, 2.75) is 0 Å². The Morgan fingerprint density at radius 1 is 1.14 bits per heavy atom. The van der Waals surface area contributed by atoms with E-state index in [0.29, 0.717) is 32.7 Å². The van der Waals surface area contributed by atoms with Gasteiger partial charge < -0.3 is 16.0 Å². The van der Waals surface area contributed by atoms with Crippen molar-refractivity contribution >= 4 is 46.2 Å². The molecule has 2 aromatic rings. The molecule has 2 aromatic carbocycles. The Hall–Kier alpha value is -1.91. The van der Waals surface area contributed by atoms with Crippen molar-refractivity contribution in [2.75, 3.05) is 25.1 Å². The van der Waals surface area contributed by atoms with Crippen LogP contribution in [-0.2, 0) is 0 Å². The van der Waals surface area contributed by atoms with Crippen molar-refractivity contribution in [3.05, 3.63) is 52.0 Å². The fraction of sp³-hybridized carbons (Fsp3) is 0.133. The van der Waals surface area contributed by atoms with E-state index in [2.05, 4.69) is 5.32 Å². The summed E-state index contributed by atoms with van der Waals surface area (Å²) in [7, 11) is 3.38. The molecule has 2 rings (SSSR count). The van der Waals surface area contributed by atoms with E-state index in [-0.39, 0.29) is 5.91 Å². The molecule has 110 valence electrons. The number of nitrogen functional groups attached to an aromatic ring is 1. The van der Waals surface area contributed by atoms with Crippen LogP contribution in [0.25, 0.3) is 0 Å². The Bertz CT molecular complexity index is 687. The number of hydrogen-bond donors (Lipinski definition) is 2. The SMILES string of the molecule is CN(C)C(=O)c1ccc(Nc2cccc(Cl)c2Cl)c(N)c1. The van der Waals surface area contributed by atoms with Gasteiger partial charge in [0.25, 0.3) is 5.91 Å². The van der Waals surface area contributed by atoms with Crippen LogP contribution < -0.4 is 11.1 Å². The number of carbonyl (C=O) groups is 1. The van der Waals surface area contributed by atoms with Crippen LogP contribution in [0.4, 0.5) is 17.1 Å². The zero-order chi connectivity index (χ0) is 15.6. The Kier molecular flexibility index (Phi) is 4.60. The summed E-state index contributed by atoms with van der Waals surface area (Å²) in [5, 5.41) is 3.99. The minimum absolute atomic E-state index is 0.103. The lowest BCUT2D eigenvalue weighted by molar-refractivity contribution is 0.0827. The number of hydrogen-bond acceptors (Lipinski definition) is 3. The lowest BCUT2D eigenvalue weighted by Gasteiger charge is -2.14. The summed E-state index contributed by atoms with van der Waals surface area (Å²) in [4.78, 5) is 13.4. The van der Waals surface area contributed by atoms with Crippen molar-refractivity contribution in [3.63, 3.8) is 0 Å². The summed E-state index contributed by atoms with van der Waals surface area (Å²) in [5.74, 6) is -0.103. The predicted octanol–water partition coefficient (Wildman–Crippen LogP) is 4.02. The number of benzene rings is 2. The molecule has 0 atom stereocenters. The molecule has 1 amide bonds. The maximum atomic E-state index is 11.9. The molecule has 0 radical (unpaired) electrons. The van der Waals surface area contributed by atoms with Gasteiger partial charge in [-0.15, -0.1) is 0 Å². The van der Waals surface area contributed by atoms with Crippen LogP contribution in [0.3, 0.4) is 0 Å². The summed E-state index contributed by atoms with van der Waals surface area (Å²) in [6.45, 7) is 0. The number of rotatable bonds is 3. The van der Waals surface area contributed by atoms with Gasteiger partial charge in [-0.25, -0.2) is 0 Å². The number of anilines is 3. The molecular weight excluding hydrogens is 309 g/mol. The molecule has 6 heteroatoms. The normalized spacial score (nSPS) is 10.3. The Morgan fingerprint density at radius 2 is 1.86 bits per heavy atom. The van der Waals surface area contributed by atoms with Crippen LogP contribution in [-0.4, -0.2) is 24.9 Å². The van der Waals surface area contributed by atoms with Crippen molar-refractivity contribution in [1.82, 2.24) is 4.90 Å². The average molecular weight is 324 g/mol. The van der Waals surface area contributed by atoms with Crippen molar-refractivity contribution in [2.24, 2.45) is 0 Å². The molecule has 0 aliphatic heterocycles. The first-order chi connectivity index (χ1) is 9.90. The summed E-state index contributed by atoms with van der Waals surface area (Å²) in [6.07, 6.45) is 0. The number of nitrogens with two attached hydrogens (primary N) is 1. The highest BCUT2D eigenvalue weighted by molar-refractivity contribution is 6.43. The lowest BCUT2D eigenvalue weighted by atomic mass is 10.1. The first-order valence-corrected chi connectivity index (χ1v) is 6.98. The Labute approximate surface area is 133 Å². The molecule has 0 heterocycles. The molecule has 0 fully saturated rings. The lowest BCUT2D eigenvalue weighted by Crippen LogP contribution is -2.21. The molecule has 0 aromatic heterocycles. The van der Waals surface area contributed by atoms with Gasteiger partial charge in [0.2, 0.25) is 0 Å². The van der Waals surface area contributed by atoms with Gasteiger partial charge in [0.1, 0.15) is 0 Å². The first kappa shape index (κ1) is 15.5. The predicted molar refractivity (Wildman–Crippen MR) is 88.6 cm³/mol. The first-order valence-electron chi connectivity index (χ1n) is 6.22. The molecule has 3 N–H and O–H groups in total. The Morgan fingerprint density at radius 3 is 2.48 bits per heavy atom. The fourth-order valence-electron chi connectivity index (χ4n) is 1.81. The van der Waals surface area contributed by atoms with E-state index in [1.165, 1.54) is 4.90 Å². The number of amides is 1. The van der Waals surface area contributed by atoms with Gasteiger partial charge in [0.05, 0.1) is 27.1 Å². The summed E-state index contributed by atoms with van der Waals surface area (Å²) < 4.78 is 0. The summed E-state index contributed by atoms with van der Waals surface area (Å²) >= 11 is 12.1. The van der Waals surface area contributed by atoms with Crippen LogP contribution in [0.15, 0.2) is 36.4 Å². The van der Waals surface area contributed by atoms with E-state index in [4.69, 9.17) is 28.9 Å². The highest BCUT2D eigenvalue weighted by Crippen LogP contribution is 2.33. The maximum Gasteiger partial charge on any atom is 0.253 e. The number of nitrogens with zero attached hydrogens (tertiary/aromatic N) is 1. The third-order valence-electron chi connectivity index (χ3n) is 2.93. The highest BCUT2D eigenvalue weighted by atomic mass is 35.5. The van der Waals surface area contributed by atoms with Gasteiger partial charge in [0.15, 0.2) is 0 Å². The summed E-state index contributed by atoms with van der Waals surface area (Å²) in [6, 6.07) is 10.4. The standard InChI is InChI=1S/C15H15Cl2N3O/c1-20(2)15(21)9-6-7-12(11(18)8-9)19-13-5-3-4-10(16)14(13)17/h3-8,19H,18H2,1-2H3. The van der Waals surface area contributed by atoms with Crippen LogP contribution in [0.2, 0.25) is 10.0 Å². The average Bonchev–Trinajstić information content (AvgIpc) is 2.44. The second-order valence-electron chi connectivity index (χ2n) is 4.73. The molecule has 4 nitrogen and oxygen atoms in total. The number of nitrogens with one attached hydrogen (secondary N) is 1. The van der Waals surface area contributed by atoms with E-state index in [9.17, 15) is 4.79 Å². The fourth-order valence-corrected chi connectivity index (χ4v) is 2.16. The monoisotopic (exact) mass is 323 g/mol. The van der Waals surface area contributed by atoms with Crippen LogP contribution in [0.1, 0.15) is 10.4 Å². The number of halogens is 2. The van der Waals surface area contributed by atoms with Crippen molar-refractivity contribution < 1.29 is 4.79 Å². The number of carbonyl (C=O) groups excluding carboxylic acids is 1. The van der Waals surface area contributed by atoms with Crippen LogP contribution >= 0.6 is 23.2 Å². The molecule has 0 aliphatic rings.